The van der Waals surface area contributed by atoms with Crippen molar-refractivity contribution >= 4 is 0 Å². The second-order valence-corrected chi connectivity index (χ2v) is 5.91. The Kier molecular flexibility index (Phi) is 5.18. The minimum absolute atomic E-state index is 0.00866. The molecule has 1 atom stereocenters. The minimum Gasteiger partial charge on any atom is -0.324 e. The van der Waals surface area contributed by atoms with Crippen LogP contribution in [0.2, 0.25) is 0 Å². The van der Waals surface area contributed by atoms with Crippen molar-refractivity contribution in [1.82, 2.24) is 9.78 Å². The molecule has 1 aromatic heterocycles. The summed E-state index contributed by atoms with van der Waals surface area (Å²) in [5, 5.41) is 4.69. The molecule has 2 N–H and O–H groups in total. The molecule has 1 aromatic carbocycles. The van der Waals surface area contributed by atoms with E-state index in [0.29, 0.717) is 6.04 Å². The highest BCUT2D eigenvalue weighted by Gasteiger charge is 2.12. The third-order valence-electron chi connectivity index (χ3n) is 4.37. The lowest BCUT2D eigenvalue weighted by atomic mass is 9.99. The van der Waals surface area contributed by atoms with E-state index in [1.165, 1.54) is 16.7 Å². The van der Waals surface area contributed by atoms with E-state index in [4.69, 9.17) is 10.8 Å². The second kappa shape index (κ2) is 6.90. The lowest BCUT2D eigenvalue weighted by Crippen LogP contribution is -2.15. The third-order valence-corrected chi connectivity index (χ3v) is 4.37. The standard InChI is InChI=1S/C18H27N3/c1-5-17(6-2)21-10-9-16(20-21)12-18(19)15-8-7-13(3)14(4)11-15/h7-11,17-18H,5-6,12,19H2,1-4H3. The zero-order valence-corrected chi connectivity index (χ0v) is 13.6. The molecule has 0 bridgehead atoms. The summed E-state index contributed by atoms with van der Waals surface area (Å²) in [5.41, 5.74) is 11.2. The van der Waals surface area contributed by atoms with Crippen LogP contribution in [0.1, 0.15) is 61.2 Å². The van der Waals surface area contributed by atoms with E-state index < -0.39 is 0 Å². The first-order chi connectivity index (χ1) is 10.0. The number of hydrogen-bond acceptors (Lipinski definition) is 2. The van der Waals surface area contributed by atoms with E-state index in [0.717, 1.165) is 25.0 Å². The van der Waals surface area contributed by atoms with Gasteiger partial charge in [-0.2, -0.15) is 5.10 Å². The van der Waals surface area contributed by atoms with Gasteiger partial charge in [0.25, 0.3) is 0 Å². The largest absolute Gasteiger partial charge is 0.324 e. The second-order valence-electron chi connectivity index (χ2n) is 5.91. The molecule has 2 aromatic rings. The summed E-state index contributed by atoms with van der Waals surface area (Å²) >= 11 is 0. The Balaban J connectivity index is 2.08. The Morgan fingerprint density at radius 3 is 2.43 bits per heavy atom. The molecule has 0 amide bonds. The van der Waals surface area contributed by atoms with Gasteiger partial charge in [-0.3, -0.25) is 4.68 Å². The van der Waals surface area contributed by atoms with Crippen molar-refractivity contribution < 1.29 is 0 Å². The molecule has 0 aliphatic carbocycles. The summed E-state index contributed by atoms with van der Waals surface area (Å²) in [6, 6.07) is 9.07. The van der Waals surface area contributed by atoms with E-state index >= 15 is 0 Å². The molecule has 1 unspecified atom stereocenters. The predicted octanol–water partition coefficient (Wildman–Crippen LogP) is 4.10. The summed E-state index contributed by atoms with van der Waals surface area (Å²) in [6.07, 6.45) is 5.09. The first-order valence-corrected chi connectivity index (χ1v) is 7.91. The smallest absolute Gasteiger partial charge is 0.0643 e. The average molecular weight is 285 g/mol. The molecule has 0 spiro atoms. The van der Waals surface area contributed by atoms with Crippen LogP contribution in [-0.2, 0) is 6.42 Å². The van der Waals surface area contributed by atoms with E-state index in [9.17, 15) is 0 Å². The summed E-state index contributed by atoms with van der Waals surface area (Å²) in [7, 11) is 0. The Labute approximate surface area is 128 Å². The van der Waals surface area contributed by atoms with Crippen LogP contribution in [0.15, 0.2) is 30.5 Å². The van der Waals surface area contributed by atoms with Crippen LogP contribution in [-0.4, -0.2) is 9.78 Å². The summed E-state index contributed by atoms with van der Waals surface area (Å²) < 4.78 is 2.09. The van der Waals surface area contributed by atoms with Gasteiger partial charge in [-0.05, 0) is 49.4 Å². The van der Waals surface area contributed by atoms with Gasteiger partial charge in [-0.1, -0.05) is 32.0 Å². The fourth-order valence-corrected chi connectivity index (χ4v) is 2.69. The SMILES string of the molecule is CCC(CC)n1ccc(CC(N)c2ccc(C)c(C)c2)n1. The molecular weight excluding hydrogens is 258 g/mol. The first-order valence-electron chi connectivity index (χ1n) is 7.91. The first kappa shape index (κ1) is 15.8. The van der Waals surface area contributed by atoms with Gasteiger partial charge in [-0.15, -0.1) is 0 Å². The highest BCUT2D eigenvalue weighted by Crippen LogP contribution is 2.20. The monoisotopic (exact) mass is 285 g/mol. The van der Waals surface area contributed by atoms with Gasteiger partial charge in [-0.25, -0.2) is 0 Å². The molecule has 3 nitrogen and oxygen atoms in total. The zero-order chi connectivity index (χ0) is 15.4. The van der Waals surface area contributed by atoms with Crippen LogP contribution in [0.4, 0.5) is 0 Å². The van der Waals surface area contributed by atoms with Gasteiger partial charge >= 0.3 is 0 Å². The average Bonchev–Trinajstić information content (AvgIpc) is 2.91. The molecule has 2 rings (SSSR count). The van der Waals surface area contributed by atoms with Gasteiger partial charge < -0.3 is 5.73 Å². The Morgan fingerprint density at radius 2 is 1.81 bits per heavy atom. The molecule has 0 aliphatic rings. The lowest BCUT2D eigenvalue weighted by Gasteiger charge is -2.14. The van der Waals surface area contributed by atoms with Gasteiger partial charge in [0.05, 0.1) is 11.7 Å². The van der Waals surface area contributed by atoms with Crippen LogP contribution in [0.25, 0.3) is 0 Å². The summed E-state index contributed by atoms with van der Waals surface area (Å²) in [5.74, 6) is 0. The summed E-state index contributed by atoms with van der Waals surface area (Å²) in [6.45, 7) is 8.67. The fraction of sp³-hybridized carbons (Fsp3) is 0.500. The lowest BCUT2D eigenvalue weighted by molar-refractivity contribution is 0.424. The Morgan fingerprint density at radius 1 is 1.10 bits per heavy atom. The van der Waals surface area contributed by atoms with Crippen molar-refractivity contribution in [2.75, 3.05) is 0 Å². The van der Waals surface area contributed by atoms with E-state index in [-0.39, 0.29) is 6.04 Å². The number of nitrogens with two attached hydrogens (primary N) is 1. The van der Waals surface area contributed by atoms with E-state index in [1.54, 1.807) is 0 Å². The van der Waals surface area contributed by atoms with Crippen LogP contribution in [0, 0.1) is 13.8 Å². The van der Waals surface area contributed by atoms with Gasteiger partial charge in [0, 0.05) is 18.7 Å². The van der Waals surface area contributed by atoms with Gasteiger partial charge in [0.1, 0.15) is 0 Å². The molecule has 0 aliphatic heterocycles. The number of rotatable bonds is 6. The molecule has 21 heavy (non-hydrogen) atoms. The number of aromatic nitrogens is 2. The molecule has 3 heteroatoms. The van der Waals surface area contributed by atoms with Crippen LogP contribution < -0.4 is 5.73 Å². The molecule has 0 saturated carbocycles. The Bertz CT molecular complexity index is 582. The molecule has 114 valence electrons. The van der Waals surface area contributed by atoms with Crippen molar-refractivity contribution in [1.29, 1.82) is 0 Å². The topological polar surface area (TPSA) is 43.8 Å². The maximum Gasteiger partial charge on any atom is 0.0643 e. The van der Waals surface area contributed by atoms with Crippen molar-refractivity contribution in [3.05, 3.63) is 52.8 Å². The number of hydrogen-bond donors (Lipinski definition) is 1. The van der Waals surface area contributed by atoms with Crippen molar-refractivity contribution in [3.8, 4) is 0 Å². The highest BCUT2D eigenvalue weighted by molar-refractivity contribution is 5.32. The minimum atomic E-state index is 0.00866. The molecule has 1 heterocycles. The Hall–Kier alpha value is -1.61. The highest BCUT2D eigenvalue weighted by atomic mass is 15.3. The number of aryl methyl sites for hydroxylation is 2. The van der Waals surface area contributed by atoms with Gasteiger partial charge in [0.15, 0.2) is 0 Å². The van der Waals surface area contributed by atoms with Crippen LogP contribution >= 0.6 is 0 Å². The molecule has 0 saturated heterocycles. The fourth-order valence-electron chi connectivity index (χ4n) is 2.69. The normalized spacial score (nSPS) is 12.9. The number of benzene rings is 1. The van der Waals surface area contributed by atoms with Crippen LogP contribution in [0.3, 0.4) is 0 Å². The predicted molar refractivity (Wildman–Crippen MR) is 88.4 cm³/mol. The van der Waals surface area contributed by atoms with Crippen molar-refractivity contribution in [2.45, 2.75) is 59.0 Å². The molecular formula is C18H27N3. The van der Waals surface area contributed by atoms with Crippen LogP contribution in [0.5, 0.6) is 0 Å². The molecule has 0 fully saturated rings. The molecule has 0 radical (unpaired) electrons. The summed E-state index contributed by atoms with van der Waals surface area (Å²) in [4.78, 5) is 0. The number of nitrogens with zero attached hydrogens (tertiary/aromatic N) is 2. The van der Waals surface area contributed by atoms with E-state index in [2.05, 4.69) is 62.8 Å². The zero-order valence-electron chi connectivity index (χ0n) is 13.6. The quantitative estimate of drug-likeness (QED) is 0.868. The van der Waals surface area contributed by atoms with Crippen molar-refractivity contribution in [2.24, 2.45) is 5.73 Å². The third kappa shape index (κ3) is 3.73. The van der Waals surface area contributed by atoms with Crippen molar-refractivity contribution in [3.63, 3.8) is 0 Å². The maximum absolute atomic E-state index is 6.35. The van der Waals surface area contributed by atoms with E-state index in [1.807, 2.05) is 0 Å². The van der Waals surface area contributed by atoms with Gasteiger partial charge in [0.2, 0.25) is 0 Å². The maximum atomic E-state index is 6.35.